The molecule has 0 bridgehead atoms. The average Bonchev–Trinajstić information content (AvgIpc) is 3.09. The van der Waals surface area contributed by atoms with Crippen LogP contribution in [0.3, 0.4) is 0 Å². The van der Waals surface area contributed by atoms with Crippen molar-refractivity contribution >= 4 is 24.5 Å². The van der Waals surface area contributed by atoms with Crippen LogP contribution in [-0.2, 0) is 9.53 Å². The van der Waals surface area contributed by atoms with Crippen molar-refractivity contribution in [2.75, 3.05) is 14.2 Å². The SMILES string of the molecule is COC(=O)[C@H]1C[C@H]([N+](=O)[O-])[C@H](C2C=C[C@H]2P(c2ccccc2)c2ccccc2)N1C. The summed E-state index contributed by atoms with van der Waals surface area (Å²) < 4.78 is 4.91. The summed E-state index contributed by atoms with van der Waals surface area (Å²) in [5.74, 6) is -0.397. The second-order valence-electron chi connectivity index (χ2n) is 7.78. The molecule has 1 heterocycles. The Hall–Kier alpha value is -2.56. The third-order valence-corrected chi connectivity index (χ3v) is 9.07. The van der Waals surface area contributed by atoms with Crippen molar-refractivity contribution < 1.29 is 14.5 Å². The topological polar surface area (TPSA) is 72.7 Å². The Labute approximate surface area is 177 Å². The van der Waals surface area contributed by atoms with Crippen LogP contribution in [0.5, 0.6) is 0 Å². The number of esters is 1. The van der Waals surface area contributed by atoms with Crippen molar-refractivity contribution in [3.63, 3.8) is 0 Å². The lowest BCUT2D eigenvalue weighted by Gasteiger charge is -2.42. The Bertz CT molecular complexity index is 897. The minimum Gasteiger partial charge on any atom is -0.468 e. The minimum absolute atomic E-state index is 0.00609. The number of benzene rings is 2. The van der Waals surface area contributed by atoms with Crippen LogP contribution >= 0.6 is 7.92 Å². The van der Waals surface area contributed by atoms with Crippen LogP contribution in [0, 0.1) is 16.0 Å². The zero-order chi connectivity index (χ0) is 21.3. The Morgan fingerprint density at radius 1 is 1.07 bits per heavy atom. The summed E-state index contributed by atoms with van der Waals surface area (Å²) in [5, 5.41) is 14.4. The predicted octanol–water partition coefficient (Wildman–Crippen LogP) is 2.56. The molecule has 0 radical (unpaired) electrons. The highest BCUT2D eigenvalue weighted by Gasteiger charge is 2.55. The maximum Gasteiger partial charge on any atom is 0.323 e. The number of nitro groups is 1. The molecule has 0 spiro atoms. The summed E-state index contributed by atoms with van der Waals surface area (Å²) in [6.45, 7) is 0. The first kappa shape index (κ1) is 20.7. The summed E-state index contributed by atoms with van der Waals surface area (Å²) in [6.07, 6.45) is 4.46. The Balaban J connectivity index is 1.69. The first-order valence-electron chi connectivity index (χ1n) is 10.0. The average molecular weight is 424 g/mol. The number of likely N-dealkylation sites (tertiary alicyclic amines) is 1. The lowest BCUT2D eigenvalue weighted by atomic mass is 9.84. The molecule has 0 saturated carbocycles. The number of ether oxygens (including phenoxy) is 1. The van der Waals surface area contributed by atoms with E-state index in [9.17, 15) is 14.9 Å². The fourth-order valence-electron chi connectivity index (χ4n) is 4.73. The highest BCUT2D eigenvalue weighted by Crippen LogP contribution is 2.51. The second-order valence-corrected chi connectivity index (χ2v) is 10.1. The number of hydrogen-bond donors (Lipinski definition) is 0. The van der Waals surface area contributed by atoms with Crippen LogP contribution < -0.4 is 10.6 Å². The molecule has 1 saturated heterocycles. The van der Waals surface area contributed by atoms with Gasteiger partial charge in [-0.25, -0.2) is 0 Å². The van der Waals surface area contributed by atoms with Gasteiger partial charge in [-0.15, -0.1) is 0 Å². The number of nitrogens with zero attached hydrogens (tertiary/aromatic N) is 2. The zero-order valence-electron chi connectivity index (χ0n) is 17.0. The fraction of sp³-hybridized carbons (Fsp3) is 0.348. The number of hydrogen-bond acceptors (Lipinski definition) is 5. The molecular weight excluding hydrogens is 399 g/mol. The van der Waals surface area contributed by atoms with Gasteiger partial charge in [-0.3, -0.25) is 19.8 Å². The van der Waals surface area contributed by atoms with Crippen molar-refractivity contribution in [1.29, 1.82) is 0 Å². The lowest BCUT2D eigenvalue weighted by Crippen LogP contribution is -2.51. The van der Waals surface area contributed by atoms with Gasteiger partial charge in [0.1, 0.15) is 6.04 Å². The van der Waals surface area contributed by atoms with Crippen molar-refractivity contribution in [3.8, 4) is 0 Å². The first-order valence-corrected chi connectivity index (χ1v) is 11.4. The van der Waals surface area contributed by atoms with Gasteiger partial charge in [0.15, 0.2) is 0 Å². The standard InChI is InChI=1S/C23H25N2O4P/c1-24-20(23(26)29-2)15-19(25(27)28)22(24)18-13-14-21(18)30(16-9-5-3-6-10-16)17-11-7-4-8-12-17/h3-14,18-22H,15H2,1-2H3/t18?,19-,20+,21+,22-/m0/s1. The number of rotatable bonds is 6. The largest absolute Gasteiger partial charge is 0.468 e. The first-order chi connectivity index (χ1) is 14.5. The van der Waals surface area contributed by atoms with E-state index in [1.165, 1.54) is 17.7 Å². The third kappa shape index (κ3) is 3.66. The summed E-state index contributed by atoms with van der Waals surface area (Å²) in [7, 11) is 2.42. The van der Waals surface area contributed by atoms with E-state index in [0.29, 0.717) is 0 Å². The van der Waals surface area contributed by atoms with Crippen LogP contribution in [0.4, 0.5) is 0 Å². The zero-order valence-corrected chi connectivity index (χ0v) is 17.9. The van der Waals surface area contributed by atoms with Gasteiger partial charge in [-0.05, 0) is 25.6 Å². The van der Waals surface area contributed by atoms with E-state index in [1.54, 1.807) is 0 Å². The molecule has 5 atom stereocenters. The molecule has 0 amide bonds. The normalized spacial score (nSPS) is 28.3. The summed E-state index contributed by atoms with van der Waals surface area (Å²) in [4.78, 5) is 25.8. The van der Waals surface area contributed by atoms with E-state index in [1.807, 2.05) is 48.3 Å². The molecule has 156 valence electrons. The van der Waals surface area contributed by atoms with Gasteiger partial charge >= 0.3 is 5.97 Å². The summed E-state index contributed by atoms with van der Waals surface area (Å²) in [5.41, 5.74) is 0.177. The number of carbonyl (C=O) groups excluding carboxylic acids is 1. The van der Waals surface area contributed by atoms with Crippen molar-refractivity contribution in [1.82, 2.24) is 4.90 Å². The van der Waals surface area contributed by atoms with E-state index >= 15 is 0 Å². The molecule has 4 rings (SSSR count). The maximum atomic E-state index is 12.2. The molecule has 0 N–H and O–H groups in total. The molecule has 1 fully saturated rings. The van der Waals surface area contributed by atoms with E-state index in [-0.39, 0.29) is 29.0 Å². The van der Waals surface area contributed by atoms with Gasteiger partial charge in [-0.1, -0.05) is 72.8 Å². The summed E-state index contributed by atoms with van der Waals surface area (Å²) in [6, 6.07) is 19.0. The Kier molecular flexibility index (Phi) is 5.98. The molecular formula is C23H25N2O4P. The van der Waals surface area contributed by atoms with Gasteiger partial charge in [0.25, 0.3) is 0 Å². The molecule has 1 unspecified atom stereocenters. The molecule has 2 aromatic carbocycles. The van der Waals surface area contributed by atoms with E-state index in [4.69, 9.17) is 4.74 Å². The van der Waals surface area contributed by atoms with Crippen molar-refractivity contribution in [2.45, 2.75) is 30.2 Å². The minimum atomic E-state index is -0.792. The van der Waals surface area contributed by atoms with Crippen molar-refractivity contribution in [2.24, 2.45) is 5.92 Å². The molecule has 1 aliphatic carbocycles. The molecule has 1 aliphatic heterocycles. The molecule has 0 aromatic heterocycles. The summed E-state index contributed by atoms with van der Waals surface area (Å²) >= 11 is 0. The Morgan fingerprint density at radius 2 is 1.63 bits per heavy atom. The number of carbonyl (C=O) groups is 1. The van der Waals surface area contributed by atoms with Gasteiger partial charge < -0.3 is 4.74 Å². The fourth-order valence-corrected chi connectivity index (χ4v) is 7.60. The number of allylic oxidation sites excluding steroid dienone is 1. The van der Waals surface area contributed by atoms with E-state index in [2.05, 4.69) is 36.4 Å². The number of methoxy groups -OCH3 is 1. The van der Waals surface area contributed by atoms with Crippen LogP contribution in [0.1, 0.15) is 6.42 Å². The van der Waals surface area contributed by atoms with E-state index < -0.39 is 26.0 Å². The van der Waals surface area contributed by atoms with Crippen LogP contribution in [-0.4, -0.2) is 53.7 Å². The van der Waals surface area contributed by atoms with Gasteiger partial charge in [0.05, 0.1) is 13.2 Å². The highest BCUT2D eigenvalue weighted by molar-refractivity contribution is 7.73. The van der Waals surface area contributed by atoms with Crippen molar-refractivity contribution in [3.05, 3.63) is 82.9 Å². The van der Waals surface area contributed by atoms with Gasteiger partial charge in [0.2, 0.25) is 6.04 Å². The molecule has 2 aromatic rings. The quantitative estimate of drug-likeness (QED) is 0.234. The van der Waals surface area contributed by atoms with Gasteiger partial charge in [-0.2, -0.15) is 0 Å². The number of likely N-dealkylation sites (N-methyl/N-ethyl adjacent to an activating group) is 1. The highest BCUT2D eigenvalue weighted by atomic mass is 31.1. The molecule has 30 heavy (non-hydrogen) atoms. The van der Waals surface area contributed by atoms with E-state index in [0.717, 1.165) is 0 Å². The van der Waals surface area contributed by atoms with Gasteiger partial charge in [0, 0.05) is 22.9 Å². The smallest absolute Gasteiger partial charge is 0.323 e. The monoisotopic (exact) mass is 424 g/mol. The third-order valence-electron chi connectivity index (χ3n) is 6.25. The van der Waals surface area contributed by atoms with Crippen LogP contribution in [0.15, 0.2) is 72.8 Å². The second kappa shape index (κ2) is 8.66. The van der Waals surface area contributed by atoms with Crippen LogP contribution in [0.2, 0.25) is 0 Å². The maximum absolute atomic E-state index is 12.2. The predicted molar refractivity (Wildman–Crippen MR) is 118 cm³/mol. The Morgan fingerprint density at radius 3 is 2.07 bits per heavy atom. The van der Waals surface area contributed by atoms with Crippen LogP contribution in [0.25, 0.3) is 0 Å². The lowest BCUT2D eigenvalue weighted by molar-refractivity contribution is -0.525. The molecule has 6 nitrogen and oxygen atoms in total. The molecule has 7 heteroatoms. The molecule has 2 aliphatic rings.